The van der Waals surface area contributed by atoms with Crippen LogP contribution in [-0.2, 0) is 17.6 Å². The number of allylic oxidation sites excluding steroid dienone is 2. The molecular formula is C24H32N2O2. The maximum absolute atomic E-state index is 10.8. The second-order valence-corrected chi connectivity index (χ2v) is 7.31. The first kappa shape index (κ1) is 21.8. The van der Waals surface area contributed by atoms with Gasteiger partial charge >= 0.3 is 5.97 Å². The van der Waals surface area contributed by atoms with Crippen LogP contribution >= 0.6 is 0 Å². The summed E-state index contributed by atoms with van der Waals surface area (Å²) in [5.74, 6) is -0.938. The van der Waals surface area contributed by atoms with Crippen LogP contribution in [0.15, 0.2) is 35.9 Å². The zero-order chi connectivity index (χ0) is 20.4. The molecule has 1 aromatic carbocycles. The van der Waals surface area contributed by atoms with Gasteiger partial charge in [0.1, 0.15) is 0 Å². The van der Waals surface area contributed by atoms with Crippen LogP contribution in [0.1, 0.15) is 76.2 Å². The van der Waals surface area contributed by atoms with Gasteiger partial charge in [-0.15, -0.1) is 0 Å². The fourth-order valence-corrected chi connectivity index (χ4v) is 3.26. The van der Waals surface area contributed by atoms with Crippen molar-refractivity contribution in [1.29, 1.82) is 0 Å². The number of rotatable bonds is 11. The smallest absolute Gasteiger partial charge is 0.328 e. The molecule has 0 aliphatic heterocycles. The Morgan fingerprint density at radius 3 is 2.43 bits per heavy atom. The number of hydrogen-bond acceptors (Lipinski definition) is 3. The summed E-state index contributed by atoms with van der Waals surface area (Å²) in [7, 11) is 0. The number of unbranched alkanes of at least 4 members (excludes halogenated alkanes) is 4. The highest BCUT2D eigenvalue weighted by molar-refractivity contribution is 5.82. The van der Waals surface area contributed by atoms with E-state index >= 15 is 0 Å². The molecule has 2 rings (SSSR count). The normalized spacial score (nSPS) is 12.2. The molecule has 4 nitrogen and oxygen atoms in total. The zero-order valence-corrected chi connectivity index (χ0v) is 17.4. The predicted molar refractivity (Wildman–Crippen MR) is 116 cm³/mol. The Kier molecular flexibility index (Phi) is 8.86. The first-order chi connectivity index (χ1) is 13.5. The minimum atomic E-state index is -0.938. The molecule has 0 radical (unpaired) electrons. The van der Waals surface area contributed by atoms with E-state index in [1.54, 1.807) is 13.0 Å². The molecule has 0 saturated heterocycles. The minimum absolute atomic E-state index is 0.683. The van der Waals surface area contributed by atoms with Gasteiger partial charge in [-0.3, -0.25) is 0 Å². The van der Waals surface area contributed by atoms with Crippen LogP contribution in [0.4, 0.5) is 0 Å². The largest absolute Gasteiger partial charge is 0.478 e. The van der Waals surface area contributed by atoms with Crippen molar-refractivity contribution in [2.45, 2.75) is 72.1 Å². The molecule has 0 aliphatic rings. The van der Waals surface area contributed by atoms with Gasteiger partial charge in [0.05, 0.1) is 22.4 Å². The van der Waals surface area contributed by atoms with E-state index in [0.29, 0.717) is 5.57 Å². The van der Waals surface area contributed by atoms with Gasteiger partial charge < -0.3 is 5.11 Å². The van der Waals surface area contributed by atoms with Crippen molar-refractivity contribution in [2.24, 2.45) is 0 Å². The van der Waals surface area contributed by atoms with Crippen LogP contribution in [0.25, 0.3) is 17.1 Å². The molecule has 2 aromatic rings. The molecule has 28 heavy (non-hydrogen) atoms. The van der Waals surface area contributed by atoms with Crippen LogP contribution in [0.5, 0.6) is 0 Å². The average molecular weight is 381 g/mol. The molecule has 1 heterocycles. The second-order valence-electron chi connectivity index (χ2n) is 7.31. The Hall–Kier alpha value is -2.49. The lowest BCUT2D eigenvalue weighted by Crippen LogP contribution is -2.02. The maximum Gasteiger partial charge on any atom is 0.328 e. The third kappa shape index (κ3) is 6.59. The quantitative estimate of drug-likeness (QED) is 0.289. The number of carbonyl (C=O) groups is 1. The van der Waals surface area contributed by atoms with E-state index in [1.807, 2.05) is 12.1 Å². The summed E-state index contributed by atoms with van der Waals surface area (Å²) in [6.07, 6.45) is 13.8. The van der Waals surface area contributed by atoms with Gasteiger partial charge in [-0.25, -0.2) is 14.8 Å². The third-order valence-corrected chi connectivity index (χ3v) is 4.80. The predicted octanol–water partition coefficient (Wildman–Crippen LogP) is 6.14. The fourth-order valence-electron chi connectivity index (χ4n) is 3.26. The molecule has 4 heteroatoms. The van der Waals surface area contributed by atoms with E-state index in [-0.39, 0.29) is 0 Å². The molecule has 0 atom stereocenters. The fraction of sp³-hybridized carbons (Fsp3) is 0.458. The van der Waals surface area contributed by atoms with Crippen LogP contribution < -0.4 is 0 Å². The Morgan fingerprint density at radius 2 is 1.75 bits per heavy atom. The van der Waals surface area contributed by atoms with E-state index < -0.39 is 5.97 Å². The topological polar surface area (TPSA) is 63.1 Å². The average Bonchev–Trinajstić information content (AvgIpc) is 2.66. The van der Waals surface area contributed by atoms with Gasteiger partial charge in [0.25, 0.3) is 0 Å². The summed E-state index contributed by atoms with van der Waals surface area (Å²) in [5, 5.41) is 8.90. The van der Waals surface area contributed by atoms with E-state index in [2.05, 4.69) is 26.0 Å². The molecule has 0 bridgehead atoms. The number of fused-ring (bicyclic) bond motifs is 1. The van der Waals surface area contributed by atoms with Gasteiger partial charge in [0, 0.05) is 6.08 Å². The molecular weight excluding hydrogens is 348 g/mol. The Morgan fingerprint density at radius 1 is 1.04 bits per heavy atom. The van der Waals surface area contributed by atoms with Gasteiger partial charge in [-0.1, -0.05) is 57.7 Å². The van der Waals surface area contributed by atoms with Crippen LogP contribution in [-0.4, -0.2) is 21.0 Å². The number of para-hydroxylation sites is 1. The first-order valence-corrected chi connectivity index (χ1v) is 10.4. The molecule has 0 saturated carbocycles. The molecule has 1 N–H and O–H groups in total. The Labute approximate surface area is 168 Å². The summed E-state index contributed by atoms with van der Waals surface area (Å²) in [5.41, 5.74) is 5.72. The highest BCUT2D eigenvalue weighted by atomic mass is 16.4. The van der Waals surface area contributed by atoms with E-state index in [9.17, 15) is 4.79 Å². The van der Waals surface area contributed by atoms with Crippen molar-refractivity contribution in [3.05, 3.63) is 52.9 Å². The number of carboxylic acids is 1. The van der Waals surface area contributed by atoms with Crippen molar-refractivity contribution in [1.82, 2.24) is 9.97 Å². The highest BCUT2D eigenvalue weighted by Crippen LogP contribution is 2.22. The number of aryl methyl sites for hydroxylation is 2. The standard InChI is InChI=1S/C24H32N2O2/c1-4-6-8-11-19-12-10-14-22-24(19)26-20(13-9-7-5-2)21(25-22)16-15-18(3)17-23(27)28/h10,12,14-17H,4-9,11,13H2,1-3H3,(H,27,28)/b16-15+,18-17+. The third-order valence-electron chi connectivity index (χ3n) is 4.80. The molecule has 1 aromatic heterocycles. The number of aliphatic carboxylic acids is 1. The lowest BCUT2D eigenvalue weighted by atomic mass is 10.0. The summed E-state index contributed by atoms with van der Waals surface area (Å²) < 4.78 is 0. The van der Waals surface area contributed by atoms with Crippen molar-refractivity contribution in [3.8, 4) is 0 Å². The van der Waals surface area contributed by atoms with E-state index in [1.165, 1.54) is 37.3 Å². The number of benzene rings is 1. The van der Waals surface area contributed by atoms with Crippen molar-refractivity contribution in [2.75, 3.05) is 0 Å². The molecule has 0 spiro atoms. The molecule has 0 fully saturated rings. The van der Waals surface area contributed by atoms with E-state index in [4.69, 9.17) is 15.1 Å². The summed E-state index contributed by atoms with van der Waals surface area (Å²) in [6, 6.07) is 6.23. The molecule has 0 unspecified atom stereocenters. The summed E-state index contributed by atoms with van der Waals surface area (Å²) >= 11 is 0. The van der Waals surface area contributed by atoms with Crippen molar-refractivity contribution >= 4 is 23.1 Å². The Balaban J connectivity index is 2.41. The number of carboxylic acid groups (broad SMARTS) is 1. The maximum atomic E-state index is 10.8. The first-order valence-electron chi connectivity index (χ1n) is 10.4. The van der Waals surface area contributed by atoms with Crippen molar-refractivity contribution in [3.63, 3.8) is 0 Å². The molecule has 0 aliphatic carbocycles. The number of hydrogen-bond donors (Lipinski definition) is 1. The summed E-state index contributed by atoms with van der Waals surface area (Å²) in [4.78, 5) is 20.7. The van der Waals surface area contributed by atoms with Crippen LogP contribution in [0, 0.1) is 0 Å². The van der Waals surface area contributed by atoms with Gasteiger partial charge in [-0.2, -0.15) is 0 Å². The highest BCUT2D eigenvalue weighted by Gasteiger charge is 2.10. The SMILES string of the molecule is CCCCCc1nc2c(CCCCC)cccc2nc1/C=C/C(C)=C/C(=O)O. The lowest BCUT2D eigenvalue weighted by molar-refractivity contribution is -0.131. The van der Waals surface area contributed by atoms with Crippen LogP contribution in [0.2, 0.25) is 0 Å². The van der Waals surface area contributed by atoms with E-state index in [0.717, 1.165) is 48.1 Å². The molecule has 150 valence electrons. The van der Waals surface area contributed by atoms with Gasteiger partial charge in [0.2, 0.25) is 0 Å². The summed E-state index contributed by atoms with van der Waals surface area (Å²) in [6.45, 7) is 6.19. The van der Waals surface area contributed by atoms with Gasteiger partial charge in [-0.05, 0) is 55.9 Å². The monoisotopic (exact) mass is 380 g/mol. The second kappa shape index (κ2) is 11.4. The van der Waals surface area contributed by atoms with Gasteiger partial charge in [0.15, 0.2) is 0 Å². The number of nitrogens with zero attached hydrogens (tertiary/aromatic N) is 2. The zero-order valence-electron chi connectivity index (χ0n) is 17.4. The Bertz CT molecular complexity index is 853. The minimum Gasteiger partial charge on any atom is -0.478 e. The molecule has 0 amide bonds. The van der Waals surface area contributed by atoms with Crippen LogP contribution in [0.3, 0.4) is 0 Å². The lowest BCUT2D eigenvalue weighted by Gasteiger charge is -2.10. The van der Waals surface area contributed by atoms with Crippen molar-refractivity contribution < 1.29 is 9.90 Å². The number of aromatic nitrogens is 2.